The minimum atomic E-state index is -4.16. The monoisotopic (exact) mass is 298 g/mol. The molecule has 0 aliphatic rings. The third kappa shape index (κ3) is 2.69. The smallest absolute Gasteiger partial charge is 0.291 e. The van der Waals surface area contributed by atoms with Gasteiger partial charge in [0.15, 0.2) is 10.7 Å². The second-order valence-electron chi connectivity index (χ2n) is 3.91. The number of nitrogen functional groups attached to an aromatic ring is 1. The summed E-state index contributed by atoms with van der Waals surface area (Å²) in [6.45, 7) is 1.58. The zero-order chi connectivity index (χ0) is 14.9. The van der Waals surface area contributed by atoms with Gasteiger partial charge in [-0.1, -0.05) is 5.16 Å². The van der Waals surface area contributed by atoms with Crippen molar-refractivity contribution in [1.29, 1.82) is 0 Å². The van der Waals surface area contributed by atoms with Crippen LogP contribution in [0.2, 0.25) is 0 Å². The van der Waals surface area contributed by atoms with Gasteiger partial charge in [-0.3, -0.25) is 14.8 Å². The Bertz CT molecular complexity index is 768. The third-order valence-corrected chi connectivity index (χ3v) is 3.74. The van der Waals surface area contributed by atoms with Gasteiger partial charge >= 0.3 is 0 Å². The average Bonchev–Trinajstić information content (AvgIpc) is 2.73. The van der Waals surface area contributed by atoms with E-state index in [9.17, 15) is 18.5 Å². The lowest BCUT2D eigenvalue weighted by molar-refractivity contribution is -0.387. The van der Waals surface area contributed by atoms with E-state index in [2.05, 4.69) is 9.88 Å². The first-order valence-corrected chi connectivity index (χ1v) is 6.78. The zero-order valence-electron chi connectivity index (χ0n) is 10.2. The first-order valence-electron chi connectivity index (χ1n) is 5.29. The molecule has 0 amide bonds. The van der Waals surface area contributed by atoms with E-state index in [0.717, 1.165) is 12.1 Å². The molecule has 20 heavy (non-hydrogen) atoms. The zero-order valence-corrected chi connectivity index (χ0v) is 11.0. The van der Waals surface area contributed by atoms with E-state index in [4.69, 9.17) is 10.3 Å². The van der Waals surface area contributed by atoms with E-state index in [1.165, 1.54) is 12.1 Å². The lowest BCUT2D eigenvalue weighted by Gasteiger charge is -2.06. The van der Waals surface area contributed by atoms with Crippen LogP contribution in [0.1, 0.15) is 5.76 Å². The van der Waals surface area contributed by atoms with E-state index >= 15 is 0 Å². The average molecular weight is 298 g/mol. The maximum absolute atomic E-state index is 12.1. The topological polar surface area (TPSA) is 141 Å². The minimum Gasteiger partial charge on any atom is -0.399 e. The van der Waals surface area contributed by atoms with Gasteiger partial charge in [0.25, 0.3) is 15.7 Å². The van der Waals surface area contributed by atoms with E-state index < -0.39 is 25.5 Å². The molecule has 0 spiro atoms. The molecule has 0 radical (unpaired) electrons. The Morgan fingerprint density at radius 3 is 2.65 bits per heavy atom. The van der Waals surface area contributed by atoms with Crippen molar-refractivity contribution in [2.45, 2.75) is 11.8 Å². The predicted molar refractivity (Wildman–Crippen MR) is 69.6 cm³/mol. The number of nitrogens with zero attached hydrogens (tertiary/aromatic N) is 2. The number of nitrogens with one attached hydrogen (secondary N) is 1. The molecule has 9 nitrogen and oxygen atoms in total. The van der Waals surface area contributed by atoms with E-state index in [1.807, 2.05) is 0 Å². The van der Waals surface area contributed by atoms with Crippen LogP contribution >= 0.6 is 0 Å². The van der Waals surface area contributed by atoms with Crippen LogP contribution in [0.4, 0.5) is 17.2 Å². The van der Waals surface area contributed by atoms with Crippen molar-refractivity contribution in [2.75, 3.05) is 10.5 Å². The fraction of sp³-hybridized carbons (Fsp3) is 0.100. The number of aromatic nitrogens is 1. The van der Waals surface area contributed by atoms with Gasteiger partial charge in [-0.05, 0) is 19.1 Å². The molecule has 0 aliphatic heterocycles. The van der Waals surface area contributed by atoms with Gasteiger partial charge in [-0.25, -0.2) is 8.42 Å². The number of rotatable bonds is 4. The minimum absolute atomic E-state index is 0.0615. The van der Waals surface area contributed by atoms with Crippen LogP contribution in [0.3, 0.4) is 0 Å². The van der Waals surface area contributed by atoms with Gasteiger partial charge in [0, 0.05) is 17.8 Å². The normalized spacial score (nSPS) is 11.2. The van der Waals surface area contributed by atoms with Crippen LogP contribution in [-0.4, -0.2) is 18.5 Å². The molecule has 3 N–H and O–H groups in total. The van der Waals surface area contributed by atoms with E-state index in [0.29, 0.717) is 5.76 Å². The molecule has 2 rings (SSSR count). The molecule has 1 aromatic carbocycles. The van der Waals surface area contributed by atoms with Crippen LogP contribution in [0.15, 0.2) is 33.7 Å². The van der Waals surface area contributed by atoms with Gasteiger partial charge in [0.1, 0.15) is 5.76 Å². The standard InChI is InChI=1S/C10H10N4O5S/c1-6-4-10(12-19-6)13-20(17,18)9-3-2-7(11)5-8(9)14(15)16/h2-5H,11H2,1H3,(H,12,13). The molecule has 10 heteroatoms. The number of hydrogen-bond acceptors (Lipinski definition) is 7. The summed E-state index contributed by atoms with van der Waals surface area (Å²) in [5.41, 5.74) is 4.89. The molecule has 0 fully saturated rings. The van der Waals surface area contributed by atoms with Gasteiger partial charge in [0.2, 0.25) is 0 Å². The van der Waals surface area contributed by atoms with Gasteiger partial charge in [-0.2, -0.15) is 0 Å². The number of aryl methyl sites for hydroxylation is 1. The molecule has 0 unspecified atom stereocenters. The number of nitro groups is 1. The van der Waals surface area contributed by atoms with Gasteiger partial charge in [-0.15, -0.1) is 0 Å². The Labute approximate surface area is 113 Å². The van der Waals surface area contributed by atoms with Crippen molar-refractivity contribution in [3.05, 3.63) is 40.1 Å². The number of anilines is 2. The molecule has 1 heterocycles. The van der Waals surface area contributed by atoms with Crippen molar-refractivity contribution in [1.82, 2.24) is 5.16 Å². The van der Waals surface area contributed by atoms with Gasteiger partial charge in [0.05, 0.1) is 4.92 Å². The highest BCUT2D eigenvalue weighted by Gasteiger charge is 2.26. The Morgan fingerprint density at radius 2 is 2.10 bits per heavy atom. The molecule has 2 aromatic rings. The van der Waals surface area contributed by atoms with Crippen LogP contribution < -0.4 is 10.5 Å². The predicted octanol–water partition coefficient (Wildman–Crippen LogP) is 1.27. The van der Waals surface area contributed by atoms with Crippen LogP contribution in [-0.2, 0) is 10.0 Å². The molecular weight excluding hydrogens is 288 g/mol. The van der Waals surface area contributed by atoms with E-state index in [1.54, 1.807) is 6.92 Å². The molecule has 0 bridgehead atoms. The summed E-state index contributed by atoms with van der Waals surface area (Å²) < 4.78 is 31.0. The quantitative estimate of drug-likeness (QED) is 0.491. The summed E-state index contributed by atoms with van der Waals surface area (Å²) in [7, 11) is -4.16. The summed E-state index contributed by atoms with van der Waals surface area (Å²) in [6, 6.07) is 4.64. The SMILES string of the molecule is Cc1cc(NS(=O)(=O)c2ccc(N)cc2[N+](=O)[O-])no1. The summed E-state index contributed by atoms with van der Waals surface area (Å²) in [5, 5.41) is 14.4. The second-order valence-corrected chi connectivity index (χ2v) is 5.56. The van der Waals surface area contributed by atoms with Crippen molar-refractivity contribution < 1.29 is 17.9 Å². The highest BCUT2D eigenvalue weighted by Crippen LogP contribution is 2.27. The second kappa shape index (κ2) is 4.81. The van der Waals surface area contributed by atoms with Crippen LogP contribution in [0.25, 0.3) is 0 Å². The summed E-state index contributed by atoms with van der Waals surface area (Å²) in [4.78, 5) is 9.58. The van der Waals surface area contributed by atoms with Crippen molar-refractivity contribution in [3.8, 4) is 0 Å². The third-order valence-electron chi connectivity index (χ3n) is 2.34. The van der Waals surface area contributed by atoms with Crippen molar-refractivity contribution in [2.24, 2.45) is 0 Å². The number of sulfonamides is 1. The van der Waals surface area contributed by atoms with E-state index in [-0.39, 0.29) is 11.5 Å². The lowest BCUT2D eigenvalue weighted by Crippen LogP contribution is -2.15. The Morgan fingerprint density at radius 1 is 1.40 bits per heavy atom. The molecule has 0 atom stereocenters. The highest BCUT2D eigenvalue weighted by molar-refractivity contribution is 7.92. The fourth-order valence-electron chi connectivity index (χ4n) is 1.51. The fourth-order valence-corrected chi connectivity index (χ4v) is 2.65. The highest BCUT2D eigenvalue weighted by atomic mass is 32.2. The number of benzene rings is 1. The molecule has 0 saturated heterocycles. The summed E-state index contributed by atoms with van der Waals surface area (Å²) >= 11 is 0. The lowest BCUT2D eigenvalue weighted by atomic mass is 10.3. The molecule has 0 saturated carbocycles. The molecule has 1 aromatic heterocycles. The van der Waals surface area contributed by atoms with Crippen molar-refractivity contribution in [3.63, 3.8) is 0 Å². The van der Waals surface area contributed by atoms with Crippen LogP contribution in [0, 0.1) is 17.0 Å². The summed E-state index contributed by atoms with van der Waals surface area (Å²) in [5.74, 6) is 0.336. The Hall–Kier alpha value is -2.62. The number of hydrogen-bond donors (Lipinski definition) is 2. The molecular formula is C10H10N4O5S. The first-order chi connectivity index (χ1) is 9.29. The molecule has 0 aliphatic carbocycles. The number of nitrogens with two attached hydrogens (primary N) is 1. The Kier molecular flexibility index (Phi) is 3.32. The van der Waals surface area contributed by atoms with Crippen LogP contribution in [0.5, 0.6) is 0 Å². The van der Waals surface area contributed by atoms with Gasteiger partial charge < -0.3 is 10.3 Å². The maximum Gasteiger partial charge on any atom is 0.291 e. The molecule has 106 valence electrons. The maximum atomic E-state index is 12.1. The Balaban J connectivity index is 2.46. The largest absolute Gasteiger partial charge is 0.399 e. The summed E-state index contributed by atoms with van der Waals surface area (Å²) in [6.07, 6.45) is 0. The number of nitro benzene ring substituents is 1. The van der Waals surface area contributed by atoms with Crippen molar-refractivity contribution >= 4 is 27.2 Å². The first kappa shape index (κ1) is 13.8.